The maximum absolute atomic E-state index is 5.75. The average Bonchev–Trinajstić information content (AvgIpc) is 3.10. The average molecular weight is 279 g/mol. The van der Waals surface area contributed by atoms with Gasteiger partial charge in [0.1, 0.15) is 0 Å². The van der Waals surface area contributed by atoms with E-state index in [-0.39, 0.29) is 5.60 Å². The van der Waals surface area contributed by atoms with E-state index < -0.39 is 0 Å². The molecule has 1 aliphatic rings. The highest BCUT2D eigenvalue weighted by Crippen LogP contribution is 2.23. The number of ether oxygens (including phenoxy) is 1. The molecular formula is C14H25N5O. The molecule has 1 unspecified atom stereocenters. The number of hydrogen-bond donors (Lipinski definition) is 2. The monoisotopic (exact) mass is 279 g/mol. The summed E-state index contributed by atoms with van der Waals surface area (Å²) in [6.07, 6.45) is 8.91. The number of nitrogens with one attached hydrogen (secondary N) is 2. The van der Waals surface area contributed by atoms with Crippen LogP contribution in [0.1, 0.15) is 26.2 Å². The molecule has 0 spiro atoms. The van der Waals surface area contributed by atoms with Gasteiger partial charge in [0, 0.05) is 45.7 Å². The second-order valence-electron chi connectivity index (χ2n) is 5.41. The Morgan fingerprint density at radius 1 is 1.50 bits per heavy atom. The van der Waals surface area contributed by atoms with Crippen LogP contribution in [0.2, 0.25) is 0 Å². The predicted octanol–water partition coefficient (Wildman–Crippen LogP) is 1.01. The SMILES string of the molecule is CN=C(NCCCn1ccnc1)NCC1(C)CCCO1. The van der Waals surface area contributed by atoms with Gasteiger partial charge in [-0.3, -0.25) is 4.99 Å². The highest BCUT2D eigenvalue weighted by Gasteiger charge is 2.29. The van der Waals surface area contributed by atoms with E-state index in [9.17, 15) is 0 Å². The Kier molecular flexibility index (Phi) is 5.40. The molecule has 0 aromatic carbocycles. The summed E-state index contributed by atoms with van der Waals surface area (Å²) in [5.74, 6) is 0.840. The van der Waals surface area contributed by atoms with Gasteiger partial charge in [-0.15, -0.1) is 0 Å². The van der Waals surface area contributed by atoms with Crippen molar-refractivity contribution in [3.05, 3.63) is 18.7 Å². The summed E-state index contributed by atoms with van der Waals surface area (Å²) in [5, 5.41) is 6.66. The molecule has 1 atom stereocenters. The van der Waals surface area contributed by atoms with E-state index >= 15 is 0 Å². The Morgan fingerprint density at radius 3 is 3.05 bits per heavy atom. The van der Waals surface area contributed by atoms with Crippen molar-refractivity contribution in [2.24, 2.45) is 4.99 Å². The Balaban J connectivity index is 1.62. The van der Waals surface area contributed by atoms with E-state index in [4.69, 9.17) is 4.74 Å². The molecule has 1 fully saturated rings. The number of guanidine groups is 1. The first kappa shape index (κ1) is 14.8. The molecule has 2 rings (SSSR count). The fourth-order valence-electron chi connectivity index (χ4n) is 2.36. The lowest BCUT2D eigenvalue weighted by Gasteiger charge is -2.24. The van der Waals surface area contributed by atoms with Crippen LogP contribution in [-0.2, 0) is 11.3 Å². The third kappa shape index (κ3) is 4.52. The third-order valence-electron chi connectivity index (χ3n) is 3.60. The van der Waals surface area contributed by atoms with Crippen LogP contribution in [0.5, 0.6) is 0 Å². The topological polar surface area (TPSA) is 63.5 Å². The summed E-state index contributed by atoms with van der Waals surface area (Å²) in [5.41, 5.74) is -0.0472. The number of hydrogen-bond acceptors (Lipinski definition) is 3. The molecule has 2 heterocycles. The molecule has 0 amide bonds. The van der Waals surface area contributed by atoms with Gasteiger partial charge in [0.2, 0.25) is 0 Å². The second-order valence-corrected chi connectivity index (χ2v) is 5.41. The molecule has 6 nitrogen and oxygen atoms in total. The summed E-state index contributed by atoms with van der Waals surface area (Å²) in [4.78, 5) is 8.26. The lowest BCUT2D eigenvalue weighted by atomic mass is 10.0. The first-order valence-electron chi connectivity index (χ1n) is 7.26. The molecule has 1 saturated heterocycles. The molecule has 1 aliphatic heterocycles. The highest BCUT2D eigenvalue weighted by atomic mass is 16.5. The number of aliphatic imine (C=N–C) groups is 1. The Bertz CT molecular complexity index is 409. The molecule has 0 bridgehead atoms. The van der Waals surface area contributed by atoms with Gasteiger partial charge in [-0.2, -0.15) is 0 Å². The van der Waals surface area contributed by atoms with Crippen molar-refractivity contribution < 1.29 is 4.74 Å². The van der Waals surface area contributed by atoms with Crippen LogP contribution in [0.3, 0.4) is 0 Å². The summed E-state index contributed by atoms with van der Waals surface area (Å²) in [7, 11) is 1.79. The van der Waals surface area contributed by atoms with Crippen molar-refractivity contribution in [2.75, 3.05) is 26.7 Å². The Labute approximate surface area is 120 Å². The fraction of sp³-hybridized carbons (Fsp3) is 0.714. The van der Waals surface area contributed by atoms with Gasteiger partial charge >= 0.3 is 0 Å². The van der Waals surface area contributed by atoms with Crippen molar-refractivity contribution >= 4 is 5.96 Å². The van der Waals surface area contributed by atoms with Gasteiger partial charge in [-0.05, 0) is 26.2 Å². The number of nitrogens with zero attached hydrogens (tertiary/aromatic N) is 3. The molecule has 0 saturated carbocycles. The van der Waals surface area contributed by atoms with Gasteiger partial charge < -0.3 is 19.9 Å². The lowest BCUT2D eigenvalue weighted by molar-refractivity contribution is 0.0243. The maximum Gasteiger partial charge on any atom is 0.191 e. The minimum Gasteiger partial charge on any atom is -0.373 e. The van der Waals surface area contributed by atoms with Gasteiger partial charge in [0.25, 0.3) is 0 Å². The standard InChI is InChI=1S/C14H25N5O/c1-14(5-3-10-20-14)11-18-13(15-2)17-6-4-8-19-9-7-16-12-19/h7,9,12H,3-6,8,10-11H2,1-2H3,(H2,15,17,18). The lowest BCUT2D eigenvalue weighted by Crippen LogP contribution is -2.45. The molecule has 1 aromatic rings. The van der Waals surface area contributed by atoms with Gasteiger partial charge in [-0.1, -0.05) is 0 Å². The fourth-order valence-corrected chi connectivity index (χ4v) is 2.36. The minimum absolute atomic E-state index is 0.0472. The van der Waals surface area contributed by atoms with Crippen LogP contribution >= 0.6 is 0 Å². The van der Waals surface area contributed by atoms with E-state index in [2.05, 4.69) is 32.1 Å². The van der Waals surface area contributed by atoms with E-state index in [1.807, 2.05) is 12.5 Å². The Hall–Kier alpha value is -1.56. The summed E-state index contributed by atoms with van der Waals surface area (Å²) in [6.45, 7) is 5.67. The predicted molar refractivity (Wildman–Crippen MR) is 79.8 cm³/mol. The summed E-state index contributed by atoms with van der Waals surface area (Å²) >= 11 is 0. The van der Waals surface area contributed by atoms with Crippen molar-refractivity contribution in [2.45, 2.75) is 38.3 Å². The quantitative estimate of drug-likeness (QED) is 0.463. The van der Waals surface area contributed by atoms with Crippen molar-refractivity contribution in [3.63, 3.8) is 0 Å². The first-order valence-corrected chi connectivity index (χ1v) is 7.26. The molecule has 0 radical (unpaired) electrons. The van der Waals surface area contributed by atoms with Crippen molar-refractivity contribution in [1.82, 2.24) is 20.2 Å². The van der Waals surface area contributed by atoms with Gasteiger partial charge in [0.05, 0.1) is 11.9 Å². The molecule has 20 heavy (non-hydrogen) atoms. The smallest absolute Gasteiger partial charge is 0.191 e. The van der Waals surface area contributed by atoms with Crippen molar-refractivity contribution in [1.29, 1.82) is 0 Å². The molecule has 6 heteroatoms. The number of rotatable bonds is 6. The van der Waals surface area contributed by atoms with E-state index in [1.54, 1.807) is 13.2 Å². The maximum atomic E-state index is 5.75. The van der Waals surface area contributed by atoms with Crippen LogP contribution in [0.25, 0.3) is 0 Å². The molecule has 2 N–H and O–H groups in total. The number of aryl methyl sites for hydroxylation is 1. The summed E-state index contributed by atoms with van der Waals surface area (Å²) in [6, 6.07) is 0. The minimum atomic E-state index is -0.0472. The molecular weight excluding hydrogens is 254 g/mol. The molecule has 112 valence electrons. The largest absolute Gasteiger partial charge is 0.373 e. The number of aromatic nitrogens is 2. The van der Waals surface area contributed by atoms with Crippen LogP contribution in [0.4, 0.5) is 0 Å². The van der Waals surface area contributed by atoms with Gasteiger partial charge in [-0.25, -0.2) is 4.98 Å². The van der Waals surface area contributed by atoms with Crippen LogP contribution in [0.15, 0.2) is 23.7 Å². The normalized spacial score (nSPS) is 23.0. The second kappa shape index (κ2) is 7.28. The highest BCUT2D eigenvalue weighted by molar-refractivity contribution is 5.79. The van der Waals surface area contributed by atoms with Crippen LogP contribution < -0.4 is 10.6 Å². The van der Waals surface area contributed by atoms with E-state index in [0.717, 1.165) is 51.5 Å². The van der Waals surface area contributed by atoms with Crippen LogP contribution in [-0.4, -0.2) is 47.9 Å². The molecule has 1 aromatic heterocycles. The Morgan fingerprint density at radius 2 is 2.40 bits per heavy atom. The zero-order chi connectivity index (χ0) is 14.3. The summed E-state index contributed by atoms with van der Waals surface area (Å²) < 4.78 is 7.83. The van der Waals surface area contributed by atoms with E-state index in [0.29, 0.717) is 0 Å². The van der Waals surface area contributed by atoms with Crippen molar-refractivity contribution in [3.8, 4) is 0 Å². The first-order chi connectivity index (χ1) is 9.72. The van der Waals surface area contributed by atoms with E-state index in [1.165, 1.54) is 0 Å². The zero-order valence-electron chi connectivity index (χ0n) is 12.4. The zero-order valence-corrected chi connectivity index (χ0v) is 12.4. The van der Waals surface area contributed by atoms with Crippen LogP contribution in [0, 0.1) is 0 Å². The number of imidazole rings is 1. The van der Waals surface area contributed by atoms with Gasteiger partial charge in [0.15, 0.2) is 5.96 Å². The molecule has 0 aliphatic carbocycles. The third-order valence-corrected chi connectivity index (χ3v) is 3.60.